The number of Topliss-reactive ketones (excluding diaryl/α,β-unsaturated/α-hetero) is 1. The van der Waals surface area contributed by atoms with E-state index in [2.05, 4.69) is 29.1 Å². The second-order valence-electron chi connectivity index (χ2n) is 5.62. The monoisotopic (exact) mass is 266 g/mol. The molecule has 108 valence electrons. The molecule has 0 saturated heterocycles. The highest BCUT2D eigenvalue weighted by atomic mass is 16.1. The average Bonchev–Trinajstić information content (AvgIpc) is 2.72. The Hall–Kier alpha value is -1.36. The first-order valence-electron chi connectivity index (χ1n) is 6.99. The van der Waals surface area contributed by atoms with Crippen molar-refractivity contribution in [1.82, 2.24) is 15.3 Å². The molecule has 0 aliphatic rings. The molecule has 0 amide bonds. The van der Waals surface area contributed by atoms with E-state index in [-0.39, 0.29) is 17.7 Å². The van der Waals surface area contributed by atoms with Gasteiger partial charge in [0, 0.05) is 17.7 Å². The van der Waals surface area contributed by atoms with Crippen molar-refractivity contribution in [2.75, 3.05) is 5.73 Å². The van der Waals surface area contributed by atoms with Crippen molar-refractivity contribution in [3.05, 3.63) is 11.9 Å². The van der Waals surface area contributed by atoms with Gasteiger partial charge in [-0.25, -0.2) is 4.98 Å². The quantitative estimate of drug-likeness (QED) is 0.671. The van der Waals surface area contributed by atoms with Gasteiger partial charge in [-0.1, -0.05) is 27.7 Å². The number of nitrogens with two attached hydrogens (primary N) is 1. The maximum atomic E-state index is 12.1. The van der Waals surface area contributed by atoms with Crippen molar-refractivity contribution in [2.24, 2.45) is 5.92 Å². The lowest BCUT2D eigenvalue weighted by Crippen LogP contribution is -2.42. The molecule has 1 aromatic rings. The fourth-order valence-electron chi connectivity index (χ4n) is 2.11. The molecule has 1 rings (SSSR count). The summed E-state index contributed by atoms with van der Waals surface area (Å²) in [6.45, 7) is 8.03. The number of ketones is 1. The van der Waals surface area contributed by atoms with Crippen molar-refractivity contribution >= 4 is 11.7 Å². The first kappa shape index (κ1) is 15.7. The molecule has 0 bridgehead atoms. The van der Waals surface area contributed by atoms with Crippen molar-refractivity contribution in [3.63, 3.8) is 0 Å². The van der Waals surface area contributed by atoms with E-state index in [1.807, 2.05) is 13.8 Å². The van der Waals surface area contributed by atoms with Crippen LogP contribution >= 0.6 is 0 Å². The van der Waals surface area contributed by atoms with E-state index < -0.39 is 0 Å². The van der Waals surface area contributed by atoms with Crippen LogP contribution in [0.4, 0.5) is 5.95 Å². The first-order chi connectivity index (χ1) is 8.90. The minimum atomic E-state index is -0.0553. The largest absolute Gasteiger partial charge is 0.369 e. The number of aromatic amines is 1. The Morgan fingerprint density at radius 1 is 1.42 bits per heavy atom. The third-order valence-corrected chi connectivity index (χ3v) is 3.03. The molecule has 4 N–H and O–H groups in total. The van der Waals surface area contributed by atoms with Crippen molar-refractivity contribution in [3.8, 4) is 0 Å². The summed E-state index contributed by atoms with van der Waals surface area (Å²) in [6.07, 6.45) is 4.40. The summed E-state index contributed by atoms with van der Waals surface area (Å²) in [7, 11) is 0. The Kier molecular flexibility index (Phi) is 6.02. The van der Waals surface area contributed by atoms with Crippen LogP contribution in [0.2, 0.25) is 0 Å². The van der Waals surface area contributed by atoms with E-state index in [1.165, 1.54) is 0 Å². The molecule has 1 unspecified atom stereocenters. The second kappa shape index (κ2) is 7.28. The van der Waals surface area contributed by atoms with Gasteiger partial charge in [-0.2, -0.15) is 0 Å². The molecule has 0 spiro atoms. The average molecular weight is 266 g/mol. The molecule has 0 aliphatic carbocycles. The number of H-pyrrole nitrogens is 1. The third-order valence-electron chi connectivity index (χ3n) is 3.03. The number of anilines is 1. The highest BCUT2D eigenvalue weighted by Crippen LogP contribution is 2.10. The fourth-order valence-corrected chi connectivity index (χ4v) is 2.11. The highest BCUT2D eigenvalue weighted by molar-refractivity contribution is 5.85. The SMILES string of the molecule is CC(C)NC(CCCc1cnc(N)[nH]1)C(=O)C(C)C. The Labute approximate surface area is 115 Å². The van der Waals surface area contributed by atoms with Gasteiger partial charge in [0.15, 0.2) is 11.7 Å². The summed E-state index contributed by atoms with van der Waals surface area (Å²) in [5, 5.41) is 3.35. The number of imidazole rings is 1. The lowest BCUT2D eigenvalue weighted by atomic mass is 9.96. The zero-order valence-corrected chi connectivity index (χ0v) is 12.4. The van der Waals surface area contributed by atoms with Crippen LogP contribution < -0.4 is 11.1 Å². The van der Waals surface area contributed by atoms with Crippen molar-refractivity contribution in [2.45, 2.75) is 59.0 Å². The lowest BCUT2D eigenvalue weighted by molar-refractivity contribution is -0.124. The van der Waals surface area contributed by atoms with Crippen LogP contribution in [-0.4, -0.2) is 27.8 Å². The van der Waals surface area contributed by atoms with Gasteiger partial charge in [-0.05, 0) is 19.3 Å². The van der Waals surface area contributed by atoms with Crippen LogP contribution in [0.1, 0.15) is 46.2 Å². The predicted molar refractivity (Wildman–Crippen MR) is 77.8 cm³/mol. The van der Waals surface area contributed by atoms with Gasteiger partial charge < -0.3 is 16.0 Å². The van der Waals surface area contributed by atoms with Gasteiger partial charge >= 0.3 is 0 Å². The Balaban J connectivity index is 2.46. The zero-order chi connectivity index (χ0) is 14.4. The molecular formula is C14H26N4O. The van der Waals surface area contributed by atoms with Crippen molar-refractivity contribution < 1.29 is 4.79 Å². The van der Waals surface area contributed by atoms with Crippen LogP contribution in [0.3, 0.4) is 0 Å². The summed E-state index contributed by atoms with van der Waals surface area (Å²) in [6, 6.07) is 0.260. The molecule has 1 atom stereocenters. The number of carbonyl (C=O) groups is 1. The predicted octanol–water partition coefficient (Wildman–Crippen LogP) is 1.91. The normalized spacial score (nSPS) is 13.2. The molecule has 1 heterocycles. The number of nitrogens with zero attached hydrogens (tertiary/aromatic N) is 1. The van der Waals surface area contributed by atoms with E-state index in [4.69, 9.17) is 5.73 Å². The summed E-state index contributed by atoms with van der Waals surface area (Å²) >= 11 is 0. The van der Waals surface area contributed by atoms with E-state index in [0.717, 1.165) is 25.0 Å². The number of rotatable bonds is 8. The molecule has 5 heteroatoms. The topological polar surface area (TPSA) is 83.8 Å². The molecule has 0 fully saturated rings. The summed E-state index contributed by atoms with van der Waals surface area (Å²) in [5.74, 6) is 0.807. The number of nitrogen functional groups attached to an aromatic ring is 1. The minimum absolute atomic E-state index is 0.0553. The first-order valence-corrected chi connectivity index (χ1v) is 6.99. The third kappa shape index (κ3) is 5.42. The van der Waals surface area contributed by atoms with Crippen LogP contribution in [-0.2, 0) is 11.2 Å². The summed E-state index contributed by atoms with van der Waals surface area (Å²) in [4.78, 5) is 19.1. The molecule has 19 heavy (non-hydrogen) atoms. The number of aryl methyl sites for hydroxylation is 1. The van der Waals surface area contributed by atoms with Crippen LogP contribution in [0.5, 0.6) is 0 Å². The molecule has 0 aliphatic heterocycles. The Morgan fingerprint density at radius 2 is 2.11 bits per heavy atom. The number of hydrogen-bond donors (Lipinski definition) is 3. The number of hydrogen-bond acceptors (Lipinski definition) is 4. The van der Waals surface area contributed by atoms with E-state index in [9.17, 15) is 4.79 Å². The standard InChI is InChI=1S/C14H26N4O/c1-9(2)13(19)12(17-10(3)4)7-5-6-11-8-16-14(15)18-11/h8-10,12,17H,5-7H2,1-4H3,(H3,15,16,18). The van der Waals surface area contributed by atoms with Gasteiger partial charge in [-0.3, -0.25) is 4.79 Å². The molecular weight excluding hydrogens is 240 g/mol. The highest BCUT2D eigenvalue weighted by Gasteiger charge is 2.21. The van der Waals surface area contributed by atoms with Crippen LogP contribution in [0, 0.1) is 5.92 Å². The number of nitrogens with one attached hydrogen (secondary N) is 2. The van der Waals surface area contributed by atoms with Crippen LogP contribution in [0.15, 0.2) is 6.20 Å². The lowest BCUT2D eigenvalue weighted by Gasteiger charge is -2.21. The number of carbonyl (C=O) groups excluding carboxylic acids is 1. The maximum absolute atomic E-state index is 12.1. The number of aromatic nitrogens is 2. The van der Waals surface area contributed by atoms with E-state index in [0.29, 0.717) is 12.0 Å². The zero-order valence-electron chi connectivity index (χ0n) is 12.4. The van der Waals surface area contributed by atoms with Gasteiger partial charge in [0.2, 0.25) is 0 Å². The van der Waals surface area contributed by atoms with Gasteiger partial charge in [0.05, 0.1) is 12.2 Å². The second-order valence-corrected chi connectivity index (χ2v) is 5.62. The minimum Gasteiger partial charge on any atom is -0.369 e. The summed E-state index contributed by atoms with van der Waals surface area (Å²) < 4.78 is 0. The van der Waals surface area contributed by atoms with Gasteiger partial charge in [0.1, 0.15) is 0 Å². The van der Waals surface area contributed by atoms with E-state index in [1.54, 1.807) is 6.20 Å². The Morgan fingerprint density at radius 3 is 2.58 bits per heavy atom. The summed E-state index contributed by atoms with van der Waals surface area (Å²) in [5.41, 5.74) is 6.56. The van der Waals surface area contributed by atoms with E-state index >= 15 is 0 Å². The Bertz CT molecular complexity index is 398. The molecule has 5 nitrogen and oxygen atoms in total. The van der Waals surface area contributed by atoms with Crippen molar-refractivity contribution in [1.29, 1.82) is 0 Å². The van der Waals surface area contributed by atoms with Crippen LogP contribution in [0.25, 0.3) is 0 Å². The molecule has 0 aromatic carbocycles. The maximum Gasteiger partial charge on any atom is 0.197 e. The molecule has 0 radical (unpaired) electrons. The smallest absolute Gasteiger partial charge is 0.197 e. The fraction of sp³-hybridized carbons (Fsp3) is 0.714. The van der Waals surface area contributed by atoms with Gasteiger partial charge in [-0.15, -0.1) is 0 Å². The molecule has 1 aromatic heterocycles. The molecule has 0 saturated carbocycles. The van der Waals surface area contributed by atoms with Gasteiger partial charge in [0.25, 0.3) is 0 Å².